The van der Waals surface area contributed by atoms with Crippen molar-refractivity contribution in [3.05, 3.63) is 71.8 Å². The average molecular weight is 634 g/mol. The van der Waals surface area contributed by atoms with Crippen molar-refractivity contribution in [2.45, 2.75) is 76.0 Å². The van der Waals surface area contributed by atoms with Gasteiger partial charge in [0, 0.05) is 26.1 Å². The van der Waals surface area contributed by atoms with E-state index < -0.39 is 41.4 Å². The molecule has 0 spiro atoms. The minimum atomic E-state index is -1.03. The van der Waals surface area contributed by atoms with Gasteiger partial charge in [0.15, 0.2) is 0 Å². The summed E-state index contributed by atoms with van der Waals surface area (Å²) in [5.41, 5.74) is 12.9. The zero-order chi connectivity index (χ0) is 33.1. The fraction of sp³-hybridized carbons (Fsp3) is 0.543. The smallest absolute Gasteiger partial charge is 0.248 e. The SMILES string of the molecule is CC(C)C[C@@H](NC(=O)[C@@H](Cc1ccccc1)NC(=O)[C@H](N)Cc1ccccc1)C(=O)NC1(C(=O)N2CCCNCC2)CC1CCN. The van der Waals surface area contributed by atoms with Crippen LogP contribution in [-0.2, 0) is 32.0 Å². The summed E-state index contributed by atoms with van der Waals surface area (Å²) in [7, 11) is 0. The molecule has 0 aromatic heterocycles. The van der Waals surface area contributed by atoms with Gasteiger partial charge in [-0.1, -0.05) is 74.5 Å². The third-order valence-corrected chi connectivity index (χ3v) is 8.87. The summed E-state index contributed by atoms with van der Waals surface area (Å²) in [6, 6.07) is 16.1. The molecule has 2 aromatic rings. The van der Waals surface area contributed by atoms with Crippen LogP contribution in [0.2, 0.25) is 0 Å². The van der Waals surface area contributed by atoms with E-state index in [1.165, 1.54) is 0 Å². The number of nitrogens with two attached hydrogens (primary N) is 2. The molecule has 5 atom stereocenters. The van der Waals surface area contributed by atoms with E-state index in [1.54, 1.807) is 0 Å². The van der Waals surface area contributed by atoms with Gasteiger partial charge in [0.2, 0.25) is 23.6 Å². The minimum absolute atomic E-state index is 0.0585. The second-order valence-electron chi connectivity index (χ2n) is 13.1. The lowest BCUT2D eigenvalue weighted by Gasteiger charge is -2.30. The number of amides is 4. The molecule has 2 aromatic carbocycles. The first kappa shape index (κ1) is 35.1. The van der Waals surface area contributed by atoms with Crippen LogP contribution in [-0.4, -0.2) is 84.9 Å². The zero-order valence-corrected chi connectivity index (χ0v) is 27.2. The third kappa shape index (κ3) is 9.60. The van der Waals surface area contributed by atoms with Crippen LogP contribution in [0.5, 0.6) is 0 Å². The van der Waals surface area contributed by atoms with Gasteiger partial charge in [0.25, 0.3) is 0 Å². The Morgan fingerprint density at radius 1 is 0.870 bits per heavy atom. The van der Waals surface area contributed by atoms with E-state index in [-0.39, 0.29) is 24.2 Å². The standard InChI is InChI=1S/C35H51N7O4/c1-24(2)20-29(33(45)41-35(23-27(35)14-15-36)34(46)42-18-9-16-38-17-19-42)40-32(44)30(22-26-12-7-4-8-13-26)39-31(43)28(37)21-25-10-5-3-6-11-25/h3-8,10-13,24,27-30,38H,9,14-23,36-37H2,1-2H3,(H,39,43)(H,40,44)(H,41,45)/t27?,28-,29-,30-,35?/m1/s1. The topological polar surface area (TPSA) is 172 Å². The van der Waals surface area contributed by atoms with Crippen LogP contribution in [0.25, 0.3) is 0 Å². The Labute approximate surface area is 272 Å². The van der Waals surface area contributed by atoms with Crippen molar-refractivity contribution in [2.75, 3.05) is 32.7 Å². The molecule has 11 heteroatoms. The number of hydrogen-bond acceptors (Lipinski definition) is 7. The molecule has 250 valence electrons. The molecule has 8 N–H and O–H groups in total. The first-order chi connectivity index (χ1) is 22.1. The van der Waals surface area contributed by atoms with E-state index in [4.69, 9.17) is 11.5 Å². The molecule has 1 aliphatic carbocycles. The Kier molecular flexibility index (Phi) is 12.7. The van der Waals surface area contributed by atoms with E-state index in [2.05, 4.69) is 21.3 Å². The zero-order valence-electron chi connectivity index (χ0n) is 27.2. The van der Waals surface area contributed by atoms with Crippen LogP contribution in [0.1, 0.15) is 50.7 Å². The molecule has 4 amide bonds. The van der Waals surface area contributed by atoms with Gasteiger partial charge < -0.3 is 37.6 Å². The summed E-state index contributed by atoms with van der Waals surface area (Å²) in [4.78, 5) is 56.7. The van der Waals surface area contributed by atoms with E-state index in [0.717, 1.165) is 24.1 Å². The Morgan fingerprint density at radius 2 is 1.50 bits per heavy atom. The van der Waals surface area contributed by atoms with Gasteiger partial charge in [-0.25, -0.2) is 0 Å². The first-order valence-electron chi connectivity index (χ1n) is 16.6. The van der Waals surface area contributed by atoms with Crippen LogP contribution in [0, 0.1) is 11.8 Å². The first-order valence-corrected chi connectivity index (χ1v) is 16.6. The predicted molar refractivity (Wildman–Crippen MR) is 178 cm³/mol. The fourth-order valence-corrected chi connectivity index (χ4v) is 6.26. The van der Waals surface area contributed by atoms with Crippen molar-refractivity contribution < 1.29 is 19.2 Å². The van der Waals surface area contributed by atoms with Crippen LogP contribution in [0.15, 0.2) is 60.7 Å². The fourth-order valence-electron chi connectivity index (χ4n) is 6.26. The summed E-state index contributed by atoms with van der Waals surface area (Å²) >= 11 is 0. The number of nitrogens with one attached hydrogen (secondary N) is 4. The highest BCUT2D eigenvalue weighted by atomic mass is 16.2. The van der Waals surface area contributed by atoms with Gasteiger partial charge in [0.05, 0.1) is 6.04 Å². The molecule has 4 rings (SSSR count). The van der Waals surface area contributed by atoms with Crippen LogP contribution >= 0.6 is 0 Å². The lowest BCUT2D eigenvalue weighted by atomic mass is 9.99. The average Bonchev–Trinajstić information content (AvgIpc) is 3.80. The molecule has 1 aliphatic heterocycles. The molecule has 0 radical (unpaired) electrons. The highest BCUT2D eigenvalue weighted by molar-refractivity contribution is 5.98. The monoisotopic (exact) mass is 633 g/mol. The number of hydrogen-bond donors (Lipinski definition) is 6. The van der Waals surface area contributed by atoms with Crippen LogP contribution < -0.4 is 32.7 Å². The lowest BCUT2D eigenvalue weighted by molar-refractivity contribution is -0.139. The molecule has 11 nitrogen and oxygen atoms in total. The Balaban J connectivity index is 1.50. The Hall–Kier alpha value is -3.80. The highest BCUT2D eigenvalue weighted by Gasteiger charge is 2.62. The van der Waals surface area contributed by atoms with Crippen molar-refractivity contribution in [1.82, 2.24) is 26.2 Å². The molecule has 46 heavy (non-hydrogen) atoms. The lowest BCUT2D eigenvalue weighted by Crippen LogP contribution is -2.60. The Morgan fingerprint density at radius 3 is 2.13 bits per heavy atom. The van der Waals surface area contributed by atoms with E-state index >= 15 is 0 Å². The van der Waals surface area contributed by atoms with Gasteiger partial charge in [-0.2, -0.15) is 0 Å². The van der Waals surface area contributed by atoms with Crippen molar-refractivity contribution in [3.8, 4) is 0 Å². The van der Waals surface area contributed by atoms with Gasteiger partial charge >= 0.3 is 0 Å². The number of carbonyl (C=O) groups excluding carboxylic acids is 4. The van der Waals surface area contributed by atoms with Crippen molar-refractivity contribution in [2.24, 2.45) is 23.3 Å². The number of nitrogens with zero attached hydrogens (tertiary/aromatic N) is 1. The van der Waals surface area contributed by atoms with Crippen LogP contribution in [0.4, 0.5) is 0 Å². The normalized spacial score (nSPS) is 21.4. The number of benzene rings is 2. The second kappa shape index (κ2) is 16.7. The largest absolute Gasteiger partial charge is 0.343 e. The molecule has 1 heterocycles. The summed E-state index contributed by atoms with van der Waals surface area (Å²) in [6.45, 7) is 7.10. The predicted octanol–water partition coefficient (Wildman–Crippen LogP) is 0.860. The second-order valence-corrected chi connectivity index (χ2v) is 13.1. The van der Waals surface area contributed by atoms with Gasteiger partial charge in [-0.05, 0) is 68.2 Å². The van der Waals surface area contributed by atoms with Gasteiger partial charge in [-0.3, -0.25) is 19.2 Å². The van der Waals surface area contributed by atoms with Crippen molar-refractivity contribution in [1.29, 1.82) is 0 Å². The number of carbonyl (C=O) groups is 4. The van der Waals surface area contributed by atoms with Crippen LogP contribution in [0.3, 0.4) is 0 Å². The maximum Gasteiger partial charge on any atom is 0.248 e. The maximum absolute atomic E-state index is 13.9. The van der Waals surface area contributed by atoms with Crippen molar-refractivity contribution >= 4 is 23.6 Å². The quantitative estimate of drug-likeness (QED) is 0.169. The molecular formula is C35H51N7O4. The van der Waals surface area contributed by atoms with Gasteiger partial charge in [-0.15, -0.1) is 0 Å². The maximum atomic E-state index is 13.9. The van der Waals surface area contributed by atoms with E-state index in [0.29, 0.717) is 51.9 Å². The van der Waals surface area contributed by atoms with E-state index in [9.17, 15) is 19.2 Å². The molecular weight excluding hydrogens is 582 g/mol. The van der Waals surface area contributed by atoms with Gasteiger partial charge in [0.1, 0.15) is 17.6 Å². The minimum Gasteiger partial charge on any atom is -0.343 e. The Bertz CT molecular complexity index is 1300. The molecule has 2 unspecified atom stereocenters. The summed E-state index contributed by atoms with van der Waals surface area (Å²) in [5.74, 6) is -1.42. The molecule has 0 bridgehead atoms. The molecule has 2 fully saturated rings. The van der Waals surface area contributed by atoms with E-state index in [1.807, 2.05) is 79.4 Å². The summed E-state index contributed by atoms with van der Waals surface area (Å²) in [5, 5.41) is 12.2. The summed E-state index contributed by atoms with van der Waals surface area (Å²) < 4.78 is 0. The van der Waals surface area contributed by atoms with Crippen molar-refractivity contribution in [3.63, 3.8) is 0 Å². The highest BCUT2D eigenvalue weighted by Crippen LogP contribution is 2.47. The summed E-state index contributed by atoms with van der Waals surface area (Å²) in [6.07, 6.45) is 2.87. The molecule has 1 saturated heterocycles. The third-order valence-electron chi connectivity index (χ3n) is 8.87. The molecule has 2 aliphatic rings. The number of rotatable bonds is 15. The molecule has 1 saturated carbocycles.